The van der Waals surface area contributed by atoms with Gasteiger partial charge in [-0.2, -0.15) is 0 Å². The van der Waals surface area contributed by atoms with Gasteiger partial charge >= 0.3 is 6.09 Å². The SMILES string of the molecule is CC(C)(C)C(=O)NCCCC[C@H](C=O)NC(=O)OCC1c2ccccc2-c2ccccc21. The van der Waals surface area contributed by atoms with Crippen molar-refractivity contribution in [3.63, 3.8) is 0 Å². The van der Waals surface area contributed by atoms with E-state index >= 15 is 0 Å². The van der Waals surface area contributed by atoms with Crippen LogP contribution in [0.5, 0.6) is 0 Å². The molecule has 2 amide bonds. The van der Waals surface area contributed by atoms with Gasteiger partial charge in [0, 0.05) is 17.9 Å². The summed E-state index contributed by atoms with van der Waals surface area (Å²) in [6.45, 7) is 6.35. The highest BCUT2D eigenvalue weighted by Crippen LogP contribution is 2.44. The molecule has 0 fully saturated rings. The second-order valence-corrected chi connectivity index (χ2v) is 9.21. The topological polar surface area (TPSA) is 84.5 Å². The second-order valence-electron chi connectivity index (χ2n) is 9.21. The third-order valence-electron chi connectivity index (χ3n) is 5.72. The van der Waals surface area contributed by atoms with Gasteiger partial charge in [0.05, 0.1) is 6.04 Å². The van der Waals surface area contributed by atoms with Gasteiger partial charge in [-0.1, -0.05) is 69.3 Å². The van der Waals surface area contributed by atoms with E-state index < -0.39 is 17.6 Å². The summed E-state index contributed by atoms with van der Waals surface area (Å²) < 4.78 is 5.50. The summed E-state index contributed by atoms with van der Waals surface area (Å²) in [6.07, 6.45) is 2.08. The van der Waals surface area contributed by atoms with Crippen LogP contribution in [0.2, 0.25) is 0 Å². The Balaban J connectivity index is 1.45. The molecule has 0 radical (unpaired) electrons. The van der Waals surface area contributed by atoms with Crippen molar-refractivity contribution in [2.24, 2.45) is 5.41 Å². The van der Waals surface area contributed by atoms with Crippen molar-refractivity contribution >= 4 is 18.3 Å². The van der Waals surface area contributed by atoms with Crippen LogP contribution in [0.4, 0.5) is 4.79 Å². The lowest BCUT2D eigenvalue weighted by Crippen LogP contribution is -2.37. The van der Waals surface area contributed by atoms with E-state index in [0.29, 0.717) is 19.4 Å². The van der Waals surface area contributed by atoms with Crippen LogP contribution in [0.25, 0.3) is 11.1 Å². The first-order chi connectivity index (χ1) is 15.3. The molecule has 0 bridgehead atoms. The summed E-state index contributed by atoms with van der Waals surface area (Å²) in [5.74, 6) is -0.0181. The fraction of sp³-hybridized carbons (Fsp3) is 0.423. The lowest BCUT2D eigenvalue weighted by atomic mass is 9.96. The molecular weight excluding hydrogens is 404 g/mol. The molecule has 0 saturated heterocycles. The van der Waals surface area contributed by atoms with Crippen LogP contribution in [0, 0.1) is 5.41 Å². The molecule has 2 aromatic carbocycles. The number of benzene rings is 2. The van der Waals surface area contributed by atoms with E-state index in [0.717, 1.165) is 23.8 Å². The number of aldehydes is 1. The highest BCUT2D eigenvalue weighted by atomic mass is 16.5. The van der Waals surface area contributed by atoms with Gasteiger partial charge in [0.25, 0.3) is 0 Å². The largest absolute Gasteiger partial charge is 0.449 e. The smallest absolute Gasteiger partial charge is 0.407 e. The molecular formula is C26H32N2O4. The van der Waals surface area contributed by atoms with Crippen molar-refractivity contribution < 1.29 is 19.1 Å². The quantitative estimate of drug-likeness (QED) is 0.450. The van der Waals surface area contributed by atoms with E-state index in [1.807, 2.05) is 45.0 Å². The minimum atomic E-state index is -0.607. The summed E-state index contributed by atoms with van der Waals surface area (Å²) in [5, 5.41) is 5.53. The maximum atomic E-state index is 12.3. The Bertz CT molecular complexity index is 919. The Hall–Kier alpha value is -3.15. The summed E-state index contributed by atoms with van der Waals surface area (Å²) in [7, 11) is 0. The van der Waals surface area contributed by atoms with Crippen molar-refractivity contribution in [2.75, 3.05) is 13.2 Å². The Labute approximate surface area is 189 Å². The van der Waals surface area contributed by atoms with Crippen LogP contribution in [0.15, 0.2) is 48.5 Å². The predicted octanol–water partition coefficient (Wildman–Crippen LogP) is 4.43. The predicted molar refractivity (Wildman–Crippen MR) is 124 cm³/mol. The van der Waals surface area contributed by atoms with Crippen LogP contribution in [0.1, 0.15) is 57.1 Å². The second kappa shape index (κ2) is 10.4. The number of carbonyl (C=O) groups is 3. The summed E-state index contributed by atoms with van der Waals surface area (Å²) in [5.41, 5.74) is 4.20. The van der Waals surface area contributed by atoms with E-state index in [1.54, 1.807) is 0 Å². The molecule has 6 heteroatoms. The molecule has 1 aliphatic rings. The molecule has 32 heavy (non-hydrogen) atoms. The number of fused-ring (bicyclic) bond motifs is 3. The Kier molecular flexibility index (Phi) is 7.67. The van der Waals surface area contributed by atoms with E-state index in [1.165, 1.54) is 11.1 Å². The van der Waals surface area contributed by atoms with Crippen LogP contribution in [-0.2, 0) is 14.3 Å². The zero-order valence-electron chi connectivity index (χ0n) is 19.0. The molecule has 0 aromatic heterocycles. The Morgan fingerprint density at radius 2 is 1.59 bits per heavy atom. The molecule has 170 valence electrons. The highest BCUT2D eigenvalue weighted by Gasteiger charge is 2.29. The standard InChI is InChI=1S/C26H32N2O4/c1-26(2,3)24(30)27-15-9-8-10-18(16-29)28-25(31)32-17-23-21-13-6-4-11-19(21)20-12-5-7-14-22(20)23/h4-7,11-14,16,18,23H,8-10,15,17H2,1-3H3,(H,27,30)(H,28,31)/t18-/m1/s1. The van der Waals surface area contributed by atoms with E-state index in [2.05, 4.69) is 34.9 Å². The number of alkyl carbamates (subject to hydrolysis) is 1. The monoisotopic (exact) mass is 436 g/mol. The Morgan fingerprint density at radius 3 is 2.16 bits per heavy atom. The van der Waals surface area contributed by atoms with E-state index in [4.69, 9.17) is 4.74 Å². The molecule has 0 unspecified atom stereocenters. The number of hydrogen-bond acceptors (Lipinski definition) is 4. The van der Waals surface area contributed by atoms with Crippen molar-refractivity contribution in [3.05, 3.63) is 59.7 Å². The van der Waals surface area contributed by atoms with Crippen molar-refractivity contribution in [3.8, 4) is 11.1 Å². The van der Waals surface area contributed by atoms with E-state index in [9.17, 15) is 14.4 Å². The molecule has 0 saturated carbocycles. The zero-order valence-corrected chi connectivity index (χ0v) is 19.0. The van der Waals surface area contributed by atoms with Gasteiger partial charge in [0.1, 0.15) is 12.9 Å². The Morgan fingerprint density at radius 1 is 1.00 bits per heavy atom. The van der Waals surface area contributed by atoms with Crippen LogP contribution >= 0.6 is 0 Å². The third-order valence-corrected chi connectivity index (χ3v) is 5.72. The molecule has 2 aromatic rings. The van der Waals surface area contributed by atoms with Gasteiger partial charge in [0.15, 0.2) is 0 Å². The maximum Gasteiger partial charge on any atom is 0.407 e. The molecule has 2 N–H and O–H groups in total. The lowest BCUT2D eigenvalue weighted by molar-refractivity contribution is -0.128. The van der Waals surface area contributed by atoms with Crippen molar-refractivity contribution in [2.45, 2.75) is 52.0 Å². The first-order valence-corrected chi connectivity index (χ1v) is 11.2. The van der Waals surface area contributed by atoms with Gasteiger partial charge < -0.3 is 20.2 Å². The average Bonchev–Trinajstić information content (AvgIpc) is 3.09. The van der Waals surface area contributed by atoms with Gasteiger partial charge in [-0.3, -0.25) is 4.79 Å². The van der Waals surface area contributed by atoms with Gasteiger partial charge in [-0.05, 0) is 41.5 Å². The normalized spacial score (nSPS) is 13.6. The first-order valence-electron chi connectivity index (χ1n) is 11.2. The van der Waals surface area contributed by atoms with Gasteiger partial charge in [0.2, 0.25) is 5.91 Å². The fourth-order valence-electron chi connectivity index (χ4n) is 3.92. The number of rotatable bonds is 9. The number of unbranched alkanes of at least 4 members (excludes halogenated alkanes) is 1. The number of nitrogens with one attached hydrogen (secondary N) is 2. The van der Waals surface area contributed by atoms with Crippen molar-refractivity contribution in [1.29, 1.82) is 0 Å². The highest BCUT2D eigenvalue weighted by molar-refractivity contribution is 5.81. The molecule has 0 aliphatic heterocycles. The van der Waals surface area contributed by atoms with Crippen LogP contribution < -0.4 is 10.6 Å². The number of ether oxygens (including phenoxy) is 1. The summed E-state index contributed by atoms with van der Waals surface area (Å²) in [6, 6.07) is 15.7. The molecule has 1 aliphatic carbocycles. The molecule has 3 rings (SSSR count). The van der Waals surface area contributed by atoms with Crippen molar-refractivity contribution in [1.82, 2.24) is 10.6 Å². The maximum absolute atomic E-state index is 12.3. The molecule has 6 nitrogen and oxygen atoms in total. The first kappa shape index (κ1) is 23.5. The van der Waals surface area contributed by atoms with E-state index in [-0.39, 0.29) is 18.4 Å². The summed E-state index contributed by atoms with van der Waals surface area (Å²) in [4.78, 5) is 35.6. The lowest BCUT2D eigenvalue weighted by Gasteiger charge is -2.18. The summed E-state index contributed by atoms with van der Waals surface area (Å²) >= 11 is 0. The van der Waals surface area contributed by atoms with Gasteiger partial charge in [-0.15, -0.1) is 0 Å². The number of carbonyl (C=O) groups excluding carboxylic acids is 3. The van der Waals surface area contributed by atoms with Crippen LogP contribution in [0.3, 0.4) is 0 Å². The molecule has 0 spiro atoms. The minimum Gasteiger partial charge on any atom is -0.449 e. The molecule has 0 heterocycles. The minimum absolute atomic E-state index is 0.00111. The average molecular weight is 437 g/mol. The van der Waals surface area contributed by atoms with Gasteiger partial charge in [-0.25, -0.2) is 4.79 Å². The molecule has 1 atom stereocenters. The van der Waals surface area contributed by atoms with Crippen LogP contribution in [-0.4, -0.2) is 37.5 Å². The number of amides is 2. The third kappa shape index (κ3) is 5.75. The zero-order chi connectivity index (χ0) is 23.1. The number of hydrogen-bond donors (Lipinski definition) is 2. The fourth-order valence-corrected chi connectivity index (χ4v) is 3.92.